The van der Waals surface area contributed by atoms with E-state index in [9.17, 15) is 14.7 Å². The van der Waals surface area contributed by atoms with Gasteiger partial charge in [0.1, 0.15) is 11.5 Å². The Balaban J connectivity index is 2.13. The summed E-state index contributed by atoms with van der Waals surface area (Å²) in [5.74, 6) is -0.592. The fourth-order valence-electron chi connectivity index (χ4n) is 3.80. The lowest BCUT2D eigenvalue weighted by molar-refractivity contribution is -0.139. The van der Waals surface area contributed by atoms with E-state index in [0.29, 0.717) is 25.1 Å². The Kier molecular flexibility index (Phi) is 6.60. The number of rotatable bonds is 7. The van der Waals surface area contributed by atoms with Crippen LogP contribution in [0.4, 0.5) is 0 Å². The normalized spacial score (nSPS) is 18.1. The zero-order valence-electron chi connectivity index (χ0n) is 18.1. The predicted molar refractivity (Wildman–Crippen MR) is 117 cm³/mol. The summed E-state index contributed by atoms with van der Waals surface area (Å²) >= 11 is 0. The van der Waals surface area contributed by atoms with E-state index in [1.54, 1.807) is 4.90 Å². The molecule has 5 heteroatoms. The molecule has 1 N–H and O–H groups in total. The molecule has 0 spiro atoms. The van der Waals surface area contributed by atoms with Crippen LogP contribution >= 0.6 is 0 Å². The van der Waals surface area contributed by atoms with E-state index in [-0.39, 0.29) is 11.3 Å². The van der Waals surface area contributed by atoms with Gasteiger partial charge in [0.15, 0.2) is 0 Å². The Hall–Kier alpha value is -3.08. The number of aliphatic hydroxyl groups excluding tert-OH is 1. The molecule has 3 rings (SSSR count). The highest BCUT2D eigenvalue weighted by Crippen LogP contribution is 2.40. The lowest BCUT2D eigenvalue weighted by Crippen LogP contribution is -2.30. The first kappa shape index (κ1) is 21.6. The Morgan fingerprint density at radius 1 is 1.03 bits per heavy atom. The van der Waals surface area contributed by atoms with Gasteiger partial charge >= 0.3 is 0 Å². The van der Waals surface area contributed by atoms with Gasteiger partial charge in [-0.05, 0) is 56.0 Å². The molecule has 0 radical (unpaired) electrons. The van der Waals surface area contributed by atoms with Crippen molar-refractivity contribution in [1.82, 2.24) is 4.90 Å². The van der Waals surface area contributed by atoms with Crippen molar-refractivity contribution < 1.29 is 19.4 Å². The number of amides is 1. The molecular formula is C25H29NO4. The van der Waals surface area contributed by atoms with Crippen molar-refractivity contribution in [2.75, 3.05) is 13.2 Å². The van der Waals surface area contributed by atoms with Gasteiger partial charge in [0.05, 0.1) is 18.2 Å². The molecule has 0 saturated carbocycles. The number of carbonyl (C=O) groups is 2. The van der Waals surface area contributed by atoms with Gasteiger partial charge in [-0.25, -0.2) is 0 Å². The number of hydrogen-bond acceptors (Lipinski definition) is 4. The van der Waals surface area contributed by atoms with Gasteiger partial charge in [0.25, 0.3) is 11.7 Å². The van der Waals surface area contributed by atoms with Gasteiger partial charge in [-0.1, -0.05) is 43.7 Å². The van der Waals surface area contributed by atoms with Crippen molar-refractivity contribution in [1.29, 1.82) is 0 Å². The van der Waals surface area contributed by atoms with Gasteiger partial charge in [0, 0.05) is 12.1 Å². The average Bonchev–Trinajstić information content (AvgIpc) is 2.99. The molecule has 1 heterocycles. The van der Waals surface area contributed by atoms with E-state index in [1.807, 2.05) is 70.2 Å². The number of carbonyl (C=O) groups excluding carboxylic acids is 2. The molecule has 1 aliphatic heterocycles. The standard InChI is InChI=1S/C25H29NO4/c1-5-13-26-22(18-9-11-19(12-10-18)30-14-6-2)21(24(28)25(26)29)23(27)20-15-16(3)7-8-17(20)4/h7-12,15,22,27H,5-6,13-14H2,1-4H3/b23-21+. The fourth-order valence-corrected chi connectivity index (χ4v) is 3.80. The van der Waals surface area contributed by atoms with Gasteiger partial charge in [-0.3, -0.25) is 9.59 Å². The SMILES string of the molecule is CCCOc1ccc(C2/C(=C(\O)c3cc(C)ccc3C)C(=O)C(=O)N2CCC)cc1. The highest BCUT2D eigenvalue weighted by Gasteiger charge is 2.45. The first-order valence-electron chi connectivity index (χ1n) is 10.5. The maximum Gasteiger partial charge on any atom is 0.295 e. The van der Waals surface area contributed by atoms with Crippen LogP contribution in [-0.4, -0.2) is 34.8 Å². The lowest BCUT2D eigenvalue weighted by Gasteiger charge is -2.25. The van der Waals surface area contributed by atoms with Gasteiger partial charge in [-0.15, -0.1) is 0 Å². The molecule has 1 fully saturated rings. The third-order valence-corrected chi connectivity index (χ3v) is 5.32. The van der Waals surface area contributed by atoms with Crippen molar-refractivity contribution in [2.45, 2.75) is 46.6 Å². The first-order chi connectivity index (χ1) is 14.4. The van der Waals surface area contributed by atoms with Crippen LogP contribution < -0.4 is 4.74 Å². The monoisotopic (exact) mass is 407 g/mol. The average molecular weight is 408 g/mol. The largest absolute Gasteiger partial charge is 0.507 e. The Morgan fingerprint density at radius 2 is 1.73 bits per heavy atom. The highest BCUT2D eigenvalue weighted by atomic mass is 16.5. The summed E-state index contributed by atoms with van der Waals surface area (Å²) in [4.78, 5) is 27.3. The summed E-state index contributed by atoms with van der Waals surface area (Å²) in [7, 11) is 0. The molecule has 0 bridgehead atoms. The maximum atomic E-state index is 13.0. The highest BCUT2D eigenvalue weighted by molar-refractivity contribution is 6.46. The molecule has 0 aliphatic carbocycles. The summed E-state index contributed by atoms with van der Waals surface area (Å²) < 4.78 is 5.65. The Labute approximate surface area is 178 Å². The van der Waals surface area contributed by atoms with Crippen molar-refractivity contribution in [2.24, 2.45) is 0 Å². The second-order valence-corrected chi connectivity index (χ2v) is 7.73. The molecule has 0 aromatic heterocycles. The third kappa shape index (κ3) is 4.11. The molecule has 2 aromatic carbocycles. The molecule has 2 aromatic rings. The summed E-state index contributed by atoms with van der Waals surface area (Å²) in [6, 6.07) is 12.5. The zero-order valence-corrected chi connectivity index (χ0v) is 18.1. The van der Waals surface area contributed by atoms with Crippen molar-refractivity contribution in [3.05, 3.63) is 70.3 Å². The zero-order chi connectivity index (χ0) is 21.8. The predicted octanol–water partition coefficient (Wildman–Crippen LogP) is 4.92. The van der Waals surface area contributed by atoms with Crippen LogP contribution in [0, 0.1) is 13.8 Å². The fraction of sp³-hybridized carbons (Fsp3) is 0.360. The van der Waals surface area contributed by atoms with E-state index in [4.69, 9.17) is 4.74 Å². The second kappa shape index (κ2) is 9.16. The Morgan fingerprint density at radius 3 is 2.37 bits per heavy atom. The molecule has 158 valence electrons. The summed E-state index contributed by atoms with van der Waals surface area (Å²) in [5.41, 5.74) is 3.32. The topological polar surface area (TPSA) is 66.8 Å². The second-order valence-electron chi connectivity index (χ2n) is 7.73. The number of ketones is 1. The molecule has 1 amide bonds. The van der Waals surface area contributed by atoms with E-state index in [1.165, 1.54) is 0 Å². The minimum Gasteiger partial charge on any atom is -0.507 e. The van der Waals surface area contributed by atoms with Crippen LogP contribution in [-0.2, 0) is 9.59 Å². The van der Waals surface area contributed by atoms with Crippen molar-refractivity contribution in [3.63, 3.8) is 0 Å². The number of aryl methyl sites for hydroxylation is 2. The minimum absolute atomic E-state index is 0.121. The van der Waals surface area contributed by atoms with Crippen LogP contribution in [0.3, 0.4) is 0 Å². The lowest BCUT2D eigenvalue weighted by atomic mass is 9.93. The third-order valence-electron chi connectivity index (χ3n) is 5.32. The van der Waals surface area contributed by atoms with Crippen molar-refractivity contribution >= 4 is 17.4 Å². The van der Waals surface area contributed by atoms with Crippen LogP contribution in [0.5, 0.6) is 5.75 Å². The number of Topliss-reactive ketones (excluding diaryl/α,β-unsaturated/α-hetero) is 1. The van der Waals surface area contributed by atoms with E-state index < -0.39 is 17.7 Å². The smallest absolute Gasteiger partial charge is 0.295 e. The number of aliphatic hydroxyl groups is 1. The first-order valence-corrected chi connectivity index (χ1v) is 10.5. The number of likely N-dealkylation sites (tertiary alicyclic amines) is 1. The molecule has 30 heavy (non-hydrogen) atoms. The van der Waals surface area contributed by atoms with Gasteiger partial charge in [-0.2, -0.15) is 0 Å². The van der Waals surface area contributed by atoms with Crippen LogP contribution in [0.2, 0.25) is 0 Å². The molecule has 1 unspecified atom stereocenters. The van der Waals surface area contributed by atoms with Gasteiger partial charge < -0.3 is 14.7 Å². The molecule has 1 saturated heterocycles. The van der Waals surface area contributed by atoms with Crippen LogP contribution in [0.15, 0.2) is 48.0 Å². The Bertz CT molecular complexity index is 975. The molecule has 1 aliphatic rings. The van der Waals surface area contributed by atoms with Crippen LogP contribution in [0.1, 0.15) is 55.0 Å². The van der Waals surface area contributed by atoms with E-state index in [2.05, 4.69) is 0 Å². The number of ether oxygens (including phenoxy) is 1. The molecule has 5 nitrogen and oxygen atoms in total. The summed E-state index contributed by atoms with van der Waals surface area (Å²) in [6.45, 7) is 8.87. The quantitative estimate of drug-likeness (QED) is 0.402. The minimum atomic E-state index is -0.641. The number of nitrogens with zero attached hydrogens (tertiary/aromatic N) is 1. The number of benzene rings is 2. The van der Waals surface area contributed by atoms with Crippen LogP contribution in [0.25, 0.3) is 5.76 Å². The summed E-state index contributed by atoms with van der Waals surface area (Å²) in [6.07, 6.45) is 1.62. The van der Waals surface area contributed by atoms with Gasteiger partial charge in [0.2, 0.25) is 0 Å². The van der Waals surface area contributed by atoms with E-state index in [0.717, 1.165) is 28.9 Å². The van der Waals surface area contributed by atoms with E-state index >= 15 is 0 Å². The maximum absolute atomic E-state index is 13.0. The van der Waals surface area contributed by atoms with Crippen molar-refractivity contribution in [3.8, 4) is 5.75 Å². The number of hydrogen-bond donors (Lipinski definition) is 1. The molecule has 1 atom stereocenters. The summed E-state index contributed by atoms with van der Waals surface area (Å²) in [5, 5.41) is 11.2. The molecular weight excluding hydrogens is 378 g/mol.